The number of allylic oxidation sites excluding steroid dienone is 1. The lowest BCUT2D eigenvalue weighted by atomic mass is 10.1. The first-order valence-electron chi connectivity index (χ1n) is 10.8. The van der Waals surface area contributed by atoms with Gasteiger partial charge in [-0.1, -0.05) is 72.8 Å². The summed E-state index contributed by atoms with van der Waals surface area (Å²) in [6.45, 7) is 0.881. The van der Waals surface area contributed by atoms with Crippen molar-refractivity contribution in [1.29, 1.82) is 0 Å². The van der Waals surface area contributed by atoms with Crippen molar-refractivity contribution in [2.24, 2.45) is 0 Å². The van der Waals surface area contributed by atoms with Crippen LogP contribution in [0, 0.1) is 3.57 Å². The Kier molecular flexibility index (Phi) is 7.99. The number of carbonyl (C=O) groups is 1. The van der Waals surface area contributed by atoms with Crippen LogP contribution in [0.2, 0.25) is 0 Å². The fourth-order valence-electron chi connectivity index (χ4n) is 3.29. The van der Waals surface area contributed by atoms with E-state index in [1.165, 1.54) is 12.1 Å². The monoisotopic (exact) mass is 562 g/mol. The highest BCUT2D eigenvalue weighted by atomic mass is 127. The van der Waals surface area contributed by atoms with Crippen molar-refractivity contribution in [3.8, 4) is 17.2 Å². The Bertz CT molecular complexity index is 1280. The molecule has 0 unspecified atom stereocenters. The van der Waals surface area contributed by atoms with Crippen LogP contribution < -0.4 is 9.47 Å². The average molecular weight is 562 g/mol. The summed E-state index contributed by atoms with van der Waals surface area (Å²) >= 11 is 2.22. The molecule has 4 aromatic carbocycles. The predicted molar refractivity (Wildman–Crippen MR) is 142 cm³/mol. The molecular weight excluding hydrogens is 539 g/mol. The molecule has 0 bridgehead atoms. The number of phenolic OH excluding ortho intramolecular Hbond substituents is 1. The quantitative estimate of drug-likeness (QED) is 0.135. The van der Waals surface area contributed by atoms with E-state index in [9.17, 15) is 9.90 Å². The normalized spacial score (nSPS) is 10.9. The fraction of sp³-hybridized carbons (Fsp3) is 0.0690. The minimum absolute atomic E-state index is 0.112. The number of ketones is 1. The van der Waals surface area contributed by atoms with Gasteiger partial charge in [-0.25, -0.2) is 0 Å². The highest BCUT2D eigenvalue weighted by molar-refractivity contribution is 14.1. The summed E-state index contributed by atoms with van der Waals surface area (Å²) in [5, 5.41) is 10.3. The molecule has 0 heterocycles. The molecule has 34 heavy (non-hydrogen) atoms. The van der Waals surface area contributed by atoms with Gasteiger partial charge in [0.05, 0.1) is 9.13 Å². The Hall–Kier alpha value is -3.58. The van der Waals surface area contributed by atoms with Gasteiger partial charge in [0.25, 0.3) is 0 Å². The van der Waals surface area contributed by atoms with Crippen LogP contribution in [0.1, 0.15) is 27.0 Å². The molecule has 0 aliphatic rings. The third kappa shape index (κ3) is 6.48. The minimum Gasteiger partial charge on any atom is -0.507 e. The number of benzene rings is 4. The largest absolute Gasteiger partial charge is 0.507 e. The Labute approximate surface area is 212 Å². The number of carbonyl (C=O) groups excluding carboxylic acids is 1. The van der Waals surface area contributed by atoms with Crippen LogP contribution in [0.15, 0.2) is 103 Å². The molecule has 0 fully saturated rings. The zero-order valence-corrected chi connectivity index (χ0v) is 20.5. The first kappa shape index (κ1) is 23.6. The molecule has 4 aromatic rings. The Balaban J connectivity index is 1.36. The van der Waals surface area contributed by atoms with Gasteiger partial charge in [-0.2, -0.15) is 0 Å². The van der Waals surface area contributed by atoms with Gasteiger partial charge in [0.1, 0.15) is 30.5 Å². The Morgan fingerprint density at radius 3 is 2.06 bits per heavy atom. The standard InChI is InChI=1S/C29H23IO4/c30-26-17-21(12-16-29(26)34-20-23-9-5-2-6-10-23)11-15-27(31)25-14-13-24(18-28(25)32)33-19-22-7-3-1-4-8-22/h1-18,32H,19-20H2/b15-11+. The van der Waals surface area contributed by atoms with Crippen molar-refractivity contribution < 1.29 is 19.4 Å². The molecule has 1 N–H and O–H groups in total. The highest BCUT2D eigenvalue weighted by Gasteiger charge is 2.10. The van der Waals surface area contributed by atoms with Crippen molar-refractivity contribution in [2.75, 3.05) is 0 Å². The lowest BCUT2D eigenvalue weighted by Gasteiger charge is -2.09. The van der Waals surface area contributed by atoms with E-state index in [-0.39, 0.29) is 17.1 Å². The maximum Gasteiger partial charge on any atom is 0.189 e. The van der Waals surface area contributed by atoms with Gasteiger partial charge in [0, 0.05) is 6.07 Å². The smallest absolute Gasteiger partial charge is 0.189 e. The first-order valence-corrected chi connectivity index (χ1v) is 11.8. The third-order valence-corrected chi connectivity index (χ3v) is 5.95. The van der Waals surface area contributed by atoms with Crippen LogP contribution in [-0.2, 0) is 13.2 Å². The topological polar surface area (TPSA) is 55.8 Å². The summed E-state index contributed by atoms with van der Waals surface area (Å²) < 4.78 is 12.6. The molecule has 4 rings (SSSR count). The number of aromatic hydroxyl groups is 1. The molecule has 0 aliphatic heterocycles. The SMILES string of the molecule is O=C(/C=C/c1ccc(OCc2ccccc2)c(I)c1)c1ccc(OCc2ccccc2)cc1O. The number of halogens is 1. The van der Waals surface area contributed by atoms with Gasteiger partial charge in [-0.3, -0.25) is 4.79 Å². The second kappa shape index (κ2) is 11.5. The van der Waals surface area contributed by atoms with Gasteiger partial charge in [-0.05, 0) is 69.6 Å². The van der Waals surface area contributed by atoms with Crippen LogP contribution in [0.3, 0.4) is 0 Å². The summed E-state index contributed by atoms with van der Waals surface area (Å²) in [6, 6.07) is 30.2. The third-order valence-electron chi connectivity index (χ3n) is 5.10. The van der Waals surface area contributed by atoms with Gasteiger partial charge >= 0.3 is 0 Å². The van der Waals surface area contributed by atoms with Crippen LogP contribution in [0.5, 0.6) is 17.2 Å². The van der Waals surface area contributed by atoms with Gasteiger partial charge in [0.15, 0.2) is 5.78 Å². The summed E-state index contributed by atoms with van der Waals surface area (Å²) in [5.74, 6) is 0.894. The molecule has 0 radical (unpaired) electrons. The molecule has 0 amide bonds. The van der Waals surface area contributed by atoms with E-state index in [4.69, 9.17) is 9.47 Å². The van der Waals surface area contributed by atoms with Gasteiger partial charge in [-0.15, -0.1) is 0 Å². The number of ether oxygens (including phenoxy) is 2. The number of phenols is 1. The lowest BCUT2D eigenvalue weighted by molar-refractivity contribution is 0.104. The molecule has 0 saturated heterocycles. The zero-order valence-electron chi connectivity index (χ0n) is 18.4. The van der Waals surface area contributed by atoms with Gasteiger partial charge < -0.3 is 14.6 Å². The molecule has 0 spiro atoms. The minimum atomic E-state index is -0.286. The second-order valence-corrected chi connectivity index (χ2v) is 8.78. The van der Waals surface area contributed by atoms with E-state index in [2.05, 4.69) is 22.6 Å². The molecule has 0 aliphatic carbocycles. The summed E-state index contributed by atoms with van der Waals surface area (Å²) in [4.78, 5) is 12.6. The van der Waals surface area contributed by atoms with Crippen LogP contribution >= 0.6 is 22.6 Å². The molecule has 0 saturated carbocycles. The number of hydrogen-bond donors (Lipinski definition) is 1. The van der Waals surface area contributed by atoms with E-state index in [0.29, 0.717) is 19.0 Å². The summed E-state index contributed by atoms with van der Waals surface area (Å²) in [5.41, 5.74) is 3.22. The van der Waals surface area contributed by atoms with Gasteiger partial charge in [0.2, 0.25) is 0 Å². The molecule has 4 nitrogen and oxygen atoms in total. The maximum absolute atomic E-state index is 12.6. The predicted octanol–water partition coefficient (Wildman–Crippen LogP) is 7.05. The van der Waals surface area contributed by atoms with Crippen molar-refractivity contribution >= 4 is 34.5 Å². The van der Waals surface area contributed by atoms with Crippen molar-refractivity contribution in [2.45, 2.75) is 13.2 Å². The van der Waals surface area contributed by atoms with E-state index in [0.717, 1.165) is 26.0 Å². The summed E-state index contributed by atoms with van der Waals surface area (Å²) in [7, 11) is 0. The van der Waals surface area contributed by atoms with Crippen LogP contribution in [0.4, 0.5) is 0 Å². The highest BCUT2D eigenvalue weighted by Crippen LogP contribution is 2.26. The molecule has 170 valence electrons. The Morgan fingerprint density at radius 1 is 0.794 bits per heavy atom. The van der Waals surface area contributed by atoms with E-state index in [1.54, 1.807) is 18.2 Å². The molecule has 0 aromatic heterocycles. The average Bonchev–Trinajstić information content (AvgIpc) is 2.87. The molecule has 5 heteroatoms. The van der Waals surface area contributed by atoms with E-state index < -0.39 is 0 Å². The fourth-order valence-corrected chi connectivity index (χ4v) is 3.98. The van der Waals surface area contributed by atoms with Crippen molar-refractivity contribution in [3.05, 3.63) is 129 Å². The van der Waals surface area contributed by atoms with E-state index >= 15 is 0 Å². The molecule has 0 atom stereocenters. The van der Waals surface area contributed by atoms with Crippen molar-refractivity contribution in [3.63, 3.8) is 0 Å². The maximum atomic E-state index is 12.6. The van der Waals surface area contributed by atoms with Crippen LogP contribution in [0.25, 0.3) is 6.08 Å². The summed E-state index contributed by atoms with van der Waals surface area (Å²) in [6.07, 6.45) is 3.18. The lowest BCUT2D eigenvalue weighted by Crippen LogP contribution is -1.98. The molecular formula is C29H23IO4. The second-order valence-electron chi connectivity index (χ2n) is 7.61. The number of hydrogen-bond acceptors (Lipinski definition) is 4. The van der Waals surface area contributed by atoms with Crippen LogP contribution in [-0.4, -0.2) is 10.9 Å². The van der Waals surface area contributed by atoms with E-state index in [1.807, 2.05) is 78.9 Å². The Morgan fingerprint density at radius 2 is 1.44 bits per heavy atom. The number of rotatable bonds is 9. The van der Waals surface area contributed by atoms with Crippen molar-refractivity contribution in [1.82, 2.24) is 0 Å². The zero-order chi connectivity index (χ0) is 23.8. The first-order chi connectivity index (χ1) is 16.6.